The van der Waals surface area contributed by atoms with E-state index in [4.69, 9.17) is 4.98 Å². The van der Waals surface area contributed by atoms with E-state index in [1.165, 1.54) is 11.3 Å². The molecular formula is C26H28N4O3S. The summed E-state index contributed by atoms with van der Waals surface area (Å²) in [6, 6.07) is 11.5. The molecule has 2 N–H and O–H groups in total. The number of nitrogens with one attached hydrogen (secondary N) is 1. The first-order valence-electron chi connectivity index (χ1n) is 11.5. The van der Waals surface area contributed by atoms with Gasteiger partial charge in [-0.15, -0.1) is 11.3 Å². The molecule has 0 aliphatic carbocycles. The number of para-hydroxylation sites is 1. The van der Waals surface area contributed by atoms with Crippen molar-refractivity contribution in [1.82, 2.24) is 9.88 Å². The van der Waals surface area contributed by atoms with E-state index < -0.39 is 0 Å². The summed E-state index contributed by atoms with van der Waals surface area (Å²) in [5.74, 6) is 0.103. The molecule has 0 atom stereocenters. The van der Waals surface area contributed by atoms with Crippen LogP contribution in [0.1, 0.15) is 50.5 Å². The topological polar surface area (TPSA) is 85.8 Å². The zero-order valence-corrected chi connectivity index (χ0v) is 20.4. The van der Waals surface area contributed by atoms with Gasteiger partial charge in [0, 0.05) is 41.8 Å². The number of thiazole rings is 1. The molecule has 0 bridgehead atoms. The molecule has 3 aromatic rings. The summed E-state index contributed by atoms with van der Waals surface area (Å²) in [7, 11) is 0. The monoisotopic (exact) mass is 476 g/mol. The lowest BCUT2D eigenvalue weighted by molar-refractivity contribution is 0.103. The number of amides is 2. The number of phenols is 1. The molecule has 0 saturated carbocycles. The minimum Gasteiger partial charge on any atom is -0.507 e. The van der Waals surface area contributed by atoms with Crippen molar-refractivity contribution >= 4 is 34.0 Å². The molecule has 1 aromatic heterocycles. The molecule has 0 spiro atoms. The van der Waals surface area contributed by atoms with Crippen LogP contribution in [0.5, 0.6) is 5.75 Å². The molecule has 8 heteroatoms. The number of hydrogen-bond acceptors (Lipinski definition) is 6. The Morgan fingerprint density at radius 1 is 1.12 bits per heavy atom. The van der Waals surface area contributed by atoms with E-state index in [9.17, 15) is 14.7 Å². The van der Waals surface area contributed by atoms with Gasteiger partial charge in [0.05, 0.1) is 0 Å². The van der Waals surface area contributed by atoms with Gasteiger partial charge in [0.15, 0.2) is 5.13 Å². The van der Waals surface area contributed by atoms with Gasteiger partial charge in [-0.3, -0.25) is 4.79 Å². The Bertz CT molecular complexity index is 1250. The maximum atomic E-state index is 13.2. The molecule has 0 unspecified atom stereocenters. The Morgan fingerprint density at radius 2 is 1.79 bits per heavy atom. The lowest BCUT2D eigenvalue weighted by Gasteiger charge is -2.40. The van der Waals surface area contributed by atoms with Gasteiger partial charge in [0.25, 0.3) is 0 Å². The number of urea groups is 1. The minimum absolute atomic E-state index is 0.0328. The minimum atomic E-state index is -0.121. The van der Waals surface area contributed by atoms with Crippen molar-refractivity contribution in [3.8, 4) is 5.75 Å². The number of piperidine rings is 1. The highest BCUT2D eigenvalue weighted by Gasteiger charge is 2.32. The van der Waals surface area contributed by atoms with Crippen LogP contribution in [0.15, 0.2) is 36.4 Å². The molecule has 1 saturated heterocycles. The lowest BCUT2D eigenvalue weighted by Crippen LogP contribution is -2.50. The first kappa shape index (κ1) is 22.4. The molecule has 2 aliphatic rings. The maximum Gasteiger partial charge on any atom is 0.322 e. The number of aromatic hydroxyl groups is 1. The molecule has 176 valence electrons. The van der Waals surface area contributed by atoms with E-state index in [1.54, 1.807) is 26.0 Å². The Morgan fingerprint density at radius 3 is 2.50 bits per heavy atom. The molecule has 5 rings (SSSR count). The van der Waals surface area contributed by atoms with Crippen molar-refractivity contribution < 1.29 is 14.7 Å². The van der Waals surface area contributed by atoms with Gasteiger partial charge in [-0.2, -0.15) is 0 Å². The molecule has 0 radical (unpaired) electrons. The third kappa shape index (κ3) is 4.03. The van der Waals surface area contributed by atoms with Crippen LogP contribution >= 0.6 is 11.3 Å². The number of benzene rings is 2. The van der Waals surface area contributed by atoms with E-state index in [0.717, 1.165) is 47.2 Å². The average Bonchev–Trinajstić information content (AvgIpc) is 3.23. The second-order valence-electron chi connectivity index (χ2n) is 9.12. The largest absolute Gasteiger partial charge is 0.507 e. The molecule has 2 amide bonds. The fourth-order valence-electron chi connectivity index (χ4n) is 4.84. The van der Waals surface area contributed by atoms with Gasteiger partial charge in [-0.25, -0.2) is 9.78 Å². The molecule has 1 fully saturated rings. The van der Waals surface area contributed by atoms with E-state index in [2.05, 4.69) is 16.3 Å². The van der Waals surface area contributed by atoms with Crippen LogP contribution in [0.2, 0.25) is 0 Å². The van der Waals surface area contributed by atoms with E-state index in [1.807, 2.05) is 30.0 Å². The lowest BCUT2D eigenvalue weighted by atomic mass is 10.0. The normalized spacial score (nSPS) is 16.4. The van der Waals surface area contributed by atoms with E-state index in [0.29, 0.717) is 28.9 Å². The van der Waals surface area contributed by atoms with Crippen molar-refractivity contribution in [3.05, 3.63) is 69.2 Å². The highest BCUT2D eigenvalue weighted by molar-refractivity contribution is 7.15. The summed E-state index contributed by atoms with van der Waals surface area (Å²) in [6.07, 6.45) is 1.71. The van der Waals surface area contributed by atoms with Gasteiger partial charge >= 0.3 is 6.03 Å². The smallest absolute Gasteiger partial charge is 0.322 e. The van der Waals surface area contributed by atoms with Crippen molar-refractivity contribution in [2.24, 2.45) is 0 Å². The highest BCUT2D eigenvalue weighted by Crippen LogP contribution is 2.33. The second-order valence-corrected chi connectivity index (χ2v) is 10.3. The third-order valence-electron chi connectivity index (χ3n) is 6.79. The summed E-state index contributed by atoms with van der Waals surface area (Å²) in [5.41, 5.74) is 4.42. The number of phenolic OH excluding ortho intramolecular Hbond substituents is 1. The molecule has 3 heterocycles. The number of aryl methyl sites for hydroxylation is 3. The highest BCUT2D eigenvalue weighted by atomic mass is 32.1. The van der Waals surface area contributed by atoms with E-state index >= 15 is 0 Å². The van der Waals surface area contributed by atoms with Gasteiger partial charge in [0.2, 0.25) is 5.78 Å². The van der Waals surface area contributed by atoms with E-state index in [-0.39, 0.29) is 23.6 Å². The van der Waals surface area contributed by atoms with Crippen molar-refractivity contribution in [1.29, 1.82) is 0 Å². The summed E-state index contributed by atoms with van der Waals surface area (Å²) in [5, 5.41) is 13.9. The summed E-state index contributed by atoms with van der Waals surface area (Å²) in [6.45, 7) is 7.72. The van der Waals surface area contributed by atoms with Crippen molar-refractivity contribution in [2.45, 2.75) is 46.2 Å². The molecule has 7 nitrogen and oxygen atoms in total. The zero-order valence-electron chi connectivity index (χ0n) is 19.6. The molecular weight excluding hydrogens is 448 g/mol. The predicted octanol–water partition coefficient (Wildman–Crippen LogP) is 5.02. The SMILES string of the molecule is Cc1cc(C(=O)c2nc(N3CCC(N4Cc5ccccc5NC4=O)CC3)sc2C)cc(C)c1O. The van der Waals surface area contributed by atoms with Crippen molar-refractivity contribution in [3.63, 3.8) is 0 Å². The number of fused-ring (bicyclic) bond motifs is 1. The number of hydrogen-bond donors (Lipinski definition) is 2. The zero-order chi connectivity index (χ0) is 24.0. The van der Waals surface area contributed by atoms with Crippen LogP contribution in [-0.4, -0.2) is 45.9 Å². The Labute approximate surface area is 203 Å². The van der Waals surface area contributed by atoms with Crippen LogP contribution in [-0.2, 0) is 6.54 Å². The number of rotatable bonds is 4. The van der Waals surface area contributed by atoms with Crippen LogP contribution in [0.25, 0.3) is 0 Å². The number of nitrogens with zero attached hydrogens (tertiary/aromatic N) is 3. The van der Waals surface area contributed by atoms with Crippen LogP contribution in [0, 0.1) is 20.8 Å². The number of carbonyl (C=O) groups is 2. The molecule has 34 heavy (non-hydrogen) atoms. The quantitative estimate of drug-likeness (QED) is 0.517. The first-order valence-corrected chi connectivity index (χ1v) is 12.4. The van der Waals surface area contributed by atoms with Gasteiger partial charge < -0.3 is 20.2 Å². The van der Waals surface area contributed by atoms with Crippen LogP contribution in [0.3, 0.4) is 0 Å². The van der Waals surface area contributed by atoms with Crippen LogP contribution in [0.4, 0.5) is 15.6 Å². The molecule has 2 aliphatic heterocycles. The third-order valence-corrected chi connectivity index (χ3v) is 7.82. The fraction of sp³-hybridized carbons (Fsp3) is 0.346. The summed E-state index contributed by atoms with van der Waals surface area (Å²) < 4.78 is 0. The average molecular weight is 477 g/mol. The first-order chi connectivity index (χ1) is 16.3. The number of ketones is 1. The second kappa shape index (κ2) is 8.76. The number of aromatic nitrogens is 1. The van der Waals surface area contributed by atoms with Gasteiger partial charge in [-0.05, 0) is 68.5 Å². The Hall–Kier alpha value is -3.39. The van der Waals surface area contributed by atoms with Crippen LogP contribution < -0.4 is 10.2 Å². The standard InChI is InChI=1S/C26H28N4O3S/c1-15-12-19(13-16(2)23(15)31)24(32)22-17(3)34-26(28-22)29-10-8-20(9-11-29)30-14-18-6-4-5-7-21(18)27-25(30)33/h4-7,12-13,20,31H,8-11,14H2,1-3H3,(H,27,33). The fourth-order valence-corrected chi connectivity index (χ4v) is 5.80. The van der Waals surface area contributed by atoms with Crippen molar-refractivity contribution in [2.75, 3.05) is 23.3 Å². The Balaban J connectivity index is 1.28. The van der Waals surface area contributed by atoms with Gasteiger partial charge in [0.1, 0.15) is 11.4 Å². The molecule has 2 aromatic carbocycles. The Kier molecular flexibility index (Phi) is 5.77. The number of carbonyl (C=O) groups excluding carboxylic acids is 2. The van der Waals surface area contributed by atoms with Gasteiger partial charge in [-0.1, -0.05) is 18.2 Å². The number of anilines is 2. The maximum absolute atomic E-state index is 13.2. The summed E-state index contributed by atoms with van der Waals surface area (Å²) >= 11 is 1.54. The summed E-state index contributed by atoms with van der Waals surface area (Å²) in [4.78, 5) is 35.6. The predicted molar refractivity (Wildman–Crippen MR) is 134 cm³/mol.